The predicted molar refractivity (Wildman–Crippen MR) is 84.2 cm³/mol. The van der Waals surface area contributed by atoms with Crippen LogP contribution in [0.15, 0.2) is 12.1 Å². The van der Waals surface area contributed by atoms with Crippen molar-refractivity contribution >= 4 is 0 Å². The quantitative estimate of drug-likeness (QED) is 0.875. The van der Waals surface area contributed by atoms with Crippen molar-refractivity contribution in [2.45, 2.75) is 39.3 Å². The third-order valence-electron chi connectivity index (χ3n) is 4.30. The number of aryl methyl sites for hydroxylation is 1. The van der Waals surface area contributed by atoms with Gasteiger partial charge in [-0.15, -0.1) is 0 Å². The summed E-state index contributed by atoms with van der Waals surface area (Å²) in [4.78, 5) is 0. The van der Waals surface area contributed by atoms with Crippen LogP contribution in [0.3, 0.4) is 0 Å². The number of hydrogen-bond donors (Lipinski definition) is 1. The number of nitrogens with one attached hydrogen (secondary N) is 1. The van der Waals surface area contributed by atoms with Crippen LogP contribution in [-0.4, -0.2) is 33.5 Å². The van der Waals surface area contributed by atoms with E-state index in [1.54, 1.807) is 14.2 Å². The largest absolute Gasteiger partial charge is 0.493 e. The summed E-state index contributed by atoms with van der Waals surface area (Å²) in [5.41, 5.74) is 2.43. The van der Waals surface area contributed by atoms with Gasteiger partial charge in [0.15, 0.2) is 11.5 Å². The summed E-state index contributed by atoms with van der Waals surface area (Å²) in [5, 5.41) is 3.58. The second kappa shape index (κ2) is 7.14. The number of hydrogen-bond acceptors (Lipinski definition) is 4. The Morgan fingerprint density at radius 3 is 2.48 bits per heavy atom. The van der Waals surface area contributed by atoms with E-state index in [-0.39, 0.29) is 12.1 Å². The molecule has 1 aromatic carbocycles. The Hall–Kier alpha value is -1.26. The Balaban J connectivity index is 2.39. The summed E-state index contributed by atoms with van der Waals surface area (Å²) in [6.07, 6.45) is 1.33. The standard InChI is InChI=1S/C17H27NO3/c1-6-18-16(17-11(2)7-8-21-17)13-10-15(20-5)14(19-4)9-12(13)3/h9-11,16-18H,6-8H2,1-5H3. The molecule has 2 rings (SSSR count). The first-order valence-corrected chi connectivity index (χ1v) is 7.69. The molecule has 1 heterocycles. The molecule has 1 fully saturated rings. The van der Waals surface area contributed by atoms with Crippen molar-refractivity contribution in [3.8, 4) is 11.5 Å². The van der Waals surface area contributed by atoms with Crippen molar-refractivity contribution in [2.75, 3.05) is 27.4 Å². The van der Waals surface area contributed by atoms with Gasteiger partial charge in [-0.05, 0) is 49.1 Å². The number of rotatable bonds is 6. The van der Waals surface area contributed by atoms with Gasteiger partial charge in [0.1, 0.15) is 0 Å². The fourth-order valence-electron chi connectivity index (χ4n) is 3.10. The summed E-state index contributed by atoms with van der Waals surface area (Å²) in [6.45, 7) is 8.26. The molecule has 0 amide bonds. The van der Waals surface area contributed by atoms with Crippen LogP contribution in [-0.2, 0) is 4.74 Å². The van der Waals surface area contributed by atoms with E-state index < -0.39 is 0 Å². The zero-order valence-electron chi connectivity index (χ0n) is 13.7. The molecular weight excluding hydrogens is 266 g/mol. The van der Waals surface area contributed by atoms with Crippen molar-refractivity contribution in [3.63, 3.8) is 0 Å². The maximum atomic E-state index is 5.98. The second-order valence-electron chi connectivity index (χ2n) is 5.70. The highest BCUT2D eigenvalue weighted by Crippen LogP contribution is 2.37. The average Bonchev–Trinajstić information content (AvgIpc) is 2.90. The summed E-state index contributed by atoms with van der Waals surface area (Å²) in [5.74, 6) is 2.10. The third-order valence-corrected chi connectivity index (χ3v) is 4.30. The van der Waals surface area contributed by atoms with Gasteiger partial charge in [-0.25, -0.2) is 0 Å². The summed E-state index contributed by atoms with van der Waals surface area (Å²) in [6, 6.07) is 4.31. The molecule has 3 unspecified atom stereocenters. The number of likely N-dealkylation sites (N-methyl/N-ethyl adjacent to an activating group) is 1. The van der Waals surface area contributed by atoms with Crippen LogP contribution in [0.2, 0.25) is 0 Å². The highest BCUT2D eigenvalue weighted by molar-refractivity contribution is 5.48. The molecule has 0 spiro atoms. The van der Waals surface area contributed by atoms with Crippen molar-refractivity contribution < 1.29 is 14.2 Å². The molecule has 1 N–H and O–H groups in total. The van der Waals surface area contributed by atoms with E-state index in [2.05, 4.69) is 32.2 Å². The summed E-state index contributed by atoms with van der Waals surface area (Å²) < 4.78 is 16.8. The average molecular weight is 293 g/mol. The van der Waals surface area contributed by atoms with E-state index in [4.69, 9.17) is 14.2 Å². The lowest BCUT2D eigenvalue weighted by atomic mass is 9.90. The zero-order valence-corrected chi connectivity index (χ0v) is 13.7. The van der Waals surface area contributed by atoms with E-state index in [1.165, 1.54) is 11.1 Å². The van der Waals surface area contributed by atoms with Gasteiger partial charge in [-0.3, -0.25) is 0 Å². The Bertz CT molecular complexity index is 475. The van der Waals surface area contributed by atoms with Gasteiger partial charge < -0.3 is 19.5 Å². The first-order valence-electron chi connectivity index (χ1n) is 7.69. The Morgan fingerprint density at radius 2 is 1.95 bits per heavy atom. The van der Waals surface area contributed by atoms with Gasteiger partial charge in [0, 0.05) is 6.61 Å². The Labute approximate surface area is 127 Å². The molecule has 0 radical (unpaired) electrons. The van der Waals surface area contributed by atoms with Crippen LogP contribution in [0.1, 0.15) is 37.4 Å². The molecular formula is C17H27NO3. The summed E-state index contributed by atoms with van der Waals surface area (Å²) in [7, 11) is 3.34. The van der Waals surface area contributed by atoms with E-state index in [9.17, 15) is 0 Å². The number of ether oxygens (including phenoxy) is 3. The summed E-state index contributed by atoms with van der Waals surface area (Å²) >= 11 is 0. The molecule has 21 heavy (non-hydrogen) atoms. The van der Waals surface area contributed by atoms with Crippen LogP contribution in [0, 0.1) is 12.8 Å². The zero-order chi connectivity index (χ0) is 15.4. The molecule has 4 heteroatoms. The molecule has 0 saturated carbocycles. The van der Waals surface area contributed by atoms with Crippen LogP contribution >= 0.6 is 0 Å². The van der Waals surface area contributed by atoms with Gasteiger partial charge in [0.2, 0.25) is 0 Å². The van der Waals surface area contributed by atoms with Crippen molar-refractivity contribution in [1.29, 1.82) is 0 Å². The van der Waals surface area contributed by atoms with Gasteiger partial charge >= 0.3 is 0 Å². The minimum atomic E-state index is 0.187. The number of benzene rings is 1. The smallest absolute Gasteiger partial charge is 0.161 e. The minimum Gasteiger partial charge on any atom is -0.493 e. The van der Waals surface area contributed by atoms with E-state index in [1.807, 2.05) is 6.07 Å². The molecule has 0 aliphatic carbocycles. The lowest BCUT2D eigenvalue weighted by molar-refractivity contribution is 0.0609. The van der Waals surface area contributed by atoms with Gasteiger partial charge in [0.05, 0.1) is 26.4 Å². The lowest BCUT2D eigenvalue weighted by Crippen LogP contribution is -2.35. The van der Waals surface area contributed by atoms with E-state index >= 15 is 0 Å². The first-order chi connectivity index (χ1) is 10.1. The molecule has 1 saturated heterocycles. The van der Waals surface area contributed by atoms with Crippen molar-refractivity contribution in [3.05, 3.63) is 23.3 Å². The maximum Gasteiger partial charge on any atom is 0.161 e. The first kappa shape index (κ1) is 16.1. The monoisotopic (exact) mass is 293 g/mol. The lowest BCUT2D eigenvalue weighted by Gasteiger charge is -2.29. The predicted octanol–water partition coefficient (Wildman–Crippen LogP) is 3.09. The minimum absolute atomic E-state index is 0.187. The molecule has 1 aliphatic rings. The second-order valence-corrected chi connectivity index (χ2v) is 5.70. The van der Waals surface area contributed by atoms with Gasteiger partial charge in [-0.1, -0.05) is 13.8 Å². The fourth-order valence-corrected chi connectivity index (χ4v) is 3.10. The molecule has 4 nitrogen and oxygen atoms in total. The highest BCUT2D eigenvalue weighted by Gasteiger charge is 2.33. The molecule has 0 aromatic heterocycles. The van der Waals surface area contributed by atoms with Crippen LogP contribution in [0.25, 0.3) is 0 Å². The topological polar surface area (TPSA) is 39.7 Å². The van der Waals surface area contributed by atoms with Crippen LogP contribution < -0.4 is 14.8 Å². The van der Waals surface area contributed by atoms with Crippen LogP contribution in [0.5, 0.6) is 11.5 Å². The molecule has 3 atom stereocenters. The van der Waals surface area contributed by atoms with E-state index in [0.29, 0.717) is 5.92 Å². The van der Waals surface area contributed by atoms with Gasteiger partial charge in [-0.2, -0.15) is 0 Å². The Morgan fingerprint density at radius 1 is 1.29 bits per heavy atom. The molecule has 1 aliphatic heterocycles. The van der Waals surface area contributed by atoms with Crippen molar-refractivity contribution in [2.24, 2.45) is 5.92 Å². The van der Waals surface area contributed by atoms with Crippen LogP contribution in [0.4, 0.5) is 0 Å². The highest BCUT2D eigenvalue weighted by atomic mass is 16.5. The molecule has 1 aromatic rings. The van der Waals surface area contributed by atoms with Gasteiger partial charge in [0.25, 0.3) is 0 Å². The third kappa shape index (κ3) is 3.33. The fraction of sp³-hybridized carbons (Fsp3) is 0.647. The van der Waals surface area contributed by atoms with E-state index in [0.717, 1.165) is 31.1 Å². The van der Waals surface area contributed by atoms with Crippen molar-refractivity contribution in [1.82, 2.24) is 5.32 Å². The maximum absolute atomic E-state index is 5.98. The molecule has 118 valence electrons. The number of methoxy groups -OCH3 is 2. The molecule has 0 bridgehead atoms. The Kier molecular flexibility index (Phi) is 5.48. The normalized spacial score (nSPS) is 23.1. The SMILES string of the molecule is CCNC(c1cc(OC)c(OC)cc1C)C1OCCC1C.